The fraction of sp³-hybridized carbons (Fsp3) is 0.105. The number of anilines is 4. The van der Waals surface area contributed by atoms with Gasteiger partial charge in [0.25, 0.3) is 0 Å². The molecular weight excluding hydrogens is 400 g/mol. The second-order valence-electron chi connectivity index (χ2n) is 5.86. The van der Waals surface area contributed by atoms with Crippen LogP contribution in [0.2, 0.25) is 0 Å². The zero-order valence-corrected chi connectivity index (χ0v) is 15.6. The van der Waals surface area contributed by atoms with Gasteiger partial charge in [-0.2, -0.15) is 0 Å². The molecule has 0 saturated heterocycles. The number of nitrogens with one attached hydrogen (secondary N) is 2. The Kier molecular flexibility index (Phi) is 6.11. The Bertz CT molecular complexity index is 1110. The van der Waals surface area contributed by atoms with Crippen LogP contribution in [0, 0.1) is 21.7 Å². The number of esters is 1. The molecule has 0 unspecified atom stereocenters. The van der Waals surface area contributed by atoms with Crippen LogP contribution in [-0.2, 0) is 4.74 Å². The summed E-state index contributed by atoms with van der Waals surface area (Å²) in [6.45, 7) is 1.87. The molecule has 1 heterocycles. The molecule has 3 aromatic rings. The average molecular weight is 415 g/mol. The van der Waals surface area contributed by atoms with Crippen molar-refractivity contribution < 1.29 is 23.2 Å². The molecule has 2 aromatic carbocycles. The fourth-order valence-corrected chi connectivity index (χ4v) is 2.52. The lowest BCUT2D eigenvalue weighted by Crippen LogP contribution is -2.07. The van der Waals surface area contributed by atoms with Crippen LogP contribution in [0.25, 0.3) is 0 Å². The van der Waals surface area contributed by atoms with Crippen molar-refractivity contribution in [2.24, 2.45) is 0 Å². The lowest BCUT2D eigenvalue weighted by atomic mass is 10.2. The van der Waals surface area contributed by atoms with Crippen molar-refractivity contribution >= 4 is 34.7 Å². The molecule has 0 atom stereocenters. The van der Waals surface area contributed by atoms with Gasteiger partial charge in [-0.15, -0.1) is 0 Å². The molecule has 2 N–H and O–H groups in total. The lowest BCUT2D eigenvalue weighted by Gasteiger charge is -2.11. The van der Waals surface area contributed by atoms with Gasteiger partial charge in [-0.05, 0) is 37.3 Å². The van der Waals surface area contributed by atoms with Crippen LogP contribution >= 0.6 is 0 Å². The molecular formula is C19H15F2N5O4. The van der Waals surface area contributed by atoms with E-state index in [-0.39, 0.29) is 29.5 Å². The molecule has 11 heteroatoms. The van der Waals surface area contributed by atoms with Gasteiger partial charge in [-0.3, -0.25) is 10.1 Å². The van der Waals surface area contributed by atoms with Crippen LogP contribution in [-0.4, -0.2) is 27.5 Å². The predicted octanol–water partition coefficient (Wildman–Crippen LogP) is 4.33. The fourth-order valence-electron chi connectivity index (χ4n) is 2.52. The van der Waals surface area contributed by atoms with E-state index in [4.69, 9.17) is 4.74 Å². The predicted molar refractivity (Wildman–Crippen MR) is 104 cm³/mol. The summed E-state index contributed by atoms with van der Waals surface area (Å²) in [5.74, 6) is -3.11. The molecule has 0 radical (unpaired) electrons. The highest BCUT2D eigenvalue weighted by Gasteiger charge is 2.24. The zero-order chi connectivity index (χ0) is 21.7. The number of benzene rings is 2. The Morgan fingerprint density at radius 2 is 1.73 bits per heavy atom. The van der Waals surface area contributed by atoms with Crippen molar-refractivity contribution in [2.75, 3.05) is 17.2 Å². The second kappa shape index (κ2) is 8.90. The molecule has 3 rings (SSSR count). The smallest absolute Gasteiger partial charge is 0.353 e. The molecule has 0 saturated carbocycles. The number of carbonyl (C=O) groups is 1. The van der Waals surface area contributed by atoms with Crippen LogP contribution in [0.5, 0.6) is 0 Å². The molecule has 1 aromatic heterocycles. The number of ether oxygens (including phenoxy) is 1. The van der Waals surface area contributed by atoms with Crippen LogP contribution < -0.4 is 10.6 Å². The van der Waals surface area contributed by atoms with Gasteiger partial charge in [-0.25, -0.2) is 23.5 Å². The number of halogens is 2. The number of carbonyl (C=O) groups excluding carboxylic acids is 1. The van der Waals surface area contributed by atoms with Crippen LogP contribution in [0.15, 0.2) is 48.8 Å². The summed E-state index contributed by atoms with van der Waals surface area (Å²) in [6.07, 6.45) is 1.06. The third-order valence-electron chi connectivity index (χ3n) is 3.82. The van der Waals surface area contributed by atoms with Gasteiger partial charge in [0.05, 0.1) is 17.1 Å². The van der Waals surface area contributed by atoms with E-state index < -0.39 is 28.2 Å². The highest BCUT2D eigenvalue weighted by molar-refractivity contribution is 5.91. The first kappa shape index (κ1) is 20.6. The minimum atomic E-state index is -1.12. The number of nitro groups is 1. The summed E-state index contributed by atoms with van der Waals surface area (Å²) in [6, 6.07) is 9.07. The van der Waals surface area contributed by atoms with Gasteiger partial charge in [0.15, 0.2) is 11.6 Å². The summed E-state index contributed by atoms with van der Waals surface area (Å²) in [5.41, 5.74) is 0.134. The molecule has 0 amide bonds. The van der Waals surface area contributed by atoms with E-state index in [1.54, 1.807) is 19.1 Å². The van der Waals surface area contributed by atoms with Crippen molar-refractivity contribution in [3.8, 4) is 0 Å². The molecule has 0 bridgehead atoms. The maximum absolute atomic E-state index is 13.4. The zero-order valence-electron chi connectivity index (χ0n) is 15.6. The van der Waals surface area contributed by atoms with Gasteiger partial charge in [0.1, 0.15) is 6.33 Å². The molecule has 0 aliphatic rings. The maximum atomic E-state index is 13.4. The van der Waals surface area contributed by atoms with E-state index in [0.717, 1.165) is 18.5 Å². The minimum absolute atomic E-state index is 0.0611. The summed E-state index contributed by atoms with van der Waals surface area (Å²) in [5, 5.41) is 17.0. The molecule has 0 spiro atoms. The average Bonchev–Trinajstić information content (AvgIpc) is 2.71. The van der Waals surface area contributed by atoms with Crippen molar-refractivity contribution in [3.05, 3.63) is 76.1 Å². The topological polar surface area (TPSA) is 119 Å². The Morgan fingerprint density at radius 3 is 2.33 bits per heavy atom. The second-order valence-corrected chi connectivity index (χ2v) is 5.86. The first-order valence-corrected chi connectivity index (χ1v) is 8.64. The van der Waals surface area contributed by atoms with Crippen molar-refractivity contribution in [3.63, 3.8) is 0 Å². The molecule has 0 aliphatic heterocycles. The SMILES string of the molecule is CCOC(=O)c1cccc(Nc2ncnc(Nc3ccc(F)c(F)c3)c2[N+](=O)[O-])c1. The molecule has 0 aliphatic carbocycles. The van der Waals surface area contributed by atoms with Crippen molar-refractivity contribution in [1.82, 2.24) is 9.97 Å². The van der Waals surface area contributed by atoms with Crippen LogP contribution in [0.4, 0.5) is 37.5 Å². The minimum Gasteiger partial charge on any atom is -0.462 e. The molecule has 154 valence electrons. The number of rotatable bonds is 7. The van der Waals surface area contributed by atoms with E-state index in [1.165, 1.54) is 18.2 Å². The lowest BCUT2D eigenvalue weighted by molar-refractivity contribution is -0.383. The van der Waals surface area contributed by atoms with Gasteiger partial charge in [0.2, 0.25) is 11.6 Å². The maximum Gasteiger partial charge on any atom is 0.353 e. The van der Waals surface area contributed by atoms with Gasteiger partial charge in [0, 0.05) is 17.4 Å². The molecule has 30 heavy (non-hydrogen) atoms. The first-order chi connectivity index (χ1) is 14.4. The Hall–Kier alpha value is -4.15. The Morgan fingerprint density at radius 1 is 1.07 bits per heavy atom. The van der Waals surface area contributed by atoms with Crippen molar-refractivity contribution in [1.29, 1.82) is 0 Å². The molecule has 0 fully saturated rings. The van der Waals surface area contributed by atoms with E-state index in [1.807, 2.05) is 0 Å². The van der Waals surface area contributed by atoms with Gasteiger partial charge in [-0.1, -0.05) is 6.07 Å². The Balaban J connectivity index is 1.93. The highest BCUT2D eigenvalue weighted by Crippen LogP contribution is 2.33. The van der Waals surface area contributed by atoms with E-state index in [9.17, 15) is 23.7 Å². The van der Waals surface area contributed by atoms with Gasteiger partial charge >= 0.3 is 11.7 Å². The number of hydrogen-bond donors (Lipinski definition) is 2. The Labute approximate surface area is 168 Å². The molecule has 9 nitrogen and oxygen atoms in total. The summed E-state index contributed by atoms with van der Waals surface area (Å²) < 4.78 is 31.5. The van der Waals surface area contributed by atoms with E-state index in [2.05, 4.69) is 20.6 Å². The third kappa shape index (κ3) is 4.63. The van der Waals surface area contributed by atoms with Gasteiger partial charge < -0.3 is 15.4 Å². The number of nitrogens with zero attached hydrogens (tertiary/aromatic N) is 3. The first-order valence-electron chi connectivity index (χ1n) is 8.64. The van der Waals surface area contributed by atoms with Crippen LogP contribution in [0.1, 0.15) is 17.3 Å². The summed E-state index contributed by atoms with van der Waals surface area (Å²) in [7, 11) is 0. The summed E-state index contributed by atoms with van der Waals surface area (Å²) >= 11 is 0. The number of aromatic nitrogens is 2. The van der Waals surface area contributed by atoms with E-state index >= 15 is 0 Å². The monoisotopic (exact) mass is 415 g/mol. The quantitative estimate of drug-likeness (QED) is 0.332. The normalized spacial score (nSPS) is 10.4. The largest absolute Gasteiger partial charge is 0.462 e. The standard InChI is InChI=1S/C19H15F2N5O4/c1-2-30-19(27)11-4-3-5-12(8-11)24-17-16(26(28)29)18(23-10-22-17)25-13-6-7-14(20)15(21)9-13/h3-10H,2H2,1H3,(H2,22,23,24,25). The highest BCUT2D eigenvalue weighted by atomic mass is 19.2. The third-order valence-corrected chi connectivity index (χ3v) is 3.82. The van der Waals surface area contributed by atoms with Crippen molar-refractivity contribution in [2.45, 2.75) is 6.92 Å². The van der Waals surface area contributed by atoms with E-state index in [0.29, 0.717) is 5.69 Å². The summed E-state index contributed by atoms with van der Waals surface area (Å²) in [4.78, 5) is 30.5. The van der Waals surface area contributed by atoms with Crippen LogP contribution in [0.3, 0.4) is 0 Å². The number of hydrogen-bond acceptors (Lipinski definition) is 8.